The Morgan fingerprint density at radius 1 is 1.50 bits per heavy atom. The summed E-state index contributed by atoms with van der Waals surface area (Å²) < 4.78 is 9.93. The number of primary amides is 1. The molecule has 0 atom stereocenters. The molecule has 18 heavy (non-hydrogen) atoms. The van der Waals surface area contributed by atoms with Crippen LogP contribution in [0.5, 0.6) is 11.5 Å². The average Bonchev–Trinajstić information content (AvgIpc) is 2.33. The van der Waals surface area contributed by atoms with Gasteiger partial charge < -0.3 is 25.6 Å². The molecule has 0 saturated carbocycles. The lowest BCUT2D eigenvalue weighted by Gasteiger charge is -2.07. The van der Waals surface area contributed by atoms with Crippen molar-refractivity contribution in [2.45, 2.75) is 6.54 Å². The third-order valence-electron chi connectivity index (χ3n) is 2.24. The minimum Gasteiger partial charge on any atom is -0.504 e. The predicted molar refractivity (Wildman–Crippen MR) is 66.4 cm³/mol. The normalized spacial score (nSPS) is 10.3. The van der Waals surface area contributed by atoms with Gasteiger partial charge in [-0.15, -0.1) is 0 Å². The lowest BCUT2D eigenvalue weighted by molar-refractivity contribution is -0.122. The Balaban J connectivity index is 2.23. The second-order valence-corrected chi connectivity index (χ2v) is 3.70. The molecule has 0 spiro atoms. The molecule has 0 aliphatic heterocycles. The average molecular weight is 254 g/mol. The van der Waals surface area contributed by atoms with E-state index in [9.17, 15) is 9.90 Å². The minimum atomic E-state index is -0.477. The lowest BCUT2D eigenvalue weighted by Crippen LogP contribution is -2.23. The van der Waals surface area contributed by atoms with Crippen molar-refractivity contribution in [3.63, 3.8) is 0 Å². The first-order chi connectivity index (χ1) is 8.63. The zero-order valence-electron chi connectivity index (χ0n) is 10.3. The number of carbonyl (C=O) groups excluding carboxylic acids is 1. The summed E-state index contributed by atoms with van der Waals surface area (Å²) in [7, 11) is 1.50. The van der Waals surface area contributed by atoms with E-state index in [0.717, 1.165) is 5.56 Å². The molecule has 0 aliphatic rings. The monoisotopic (exact) mass is 254 g/mol. The van der Waals surface area contributed by atoms with E-state index in [1.807, 2.05) is 6.07 Å². The molecule has 6 nitrogen and oxygen atoms in total. The van der Waals surface area contributed by atoms with Gasteiger partial charge in [-0.3, -0.25) is 4.79 Å². The molecule has 4 N–H and O–H groups in total. The van der Waals surface area contributed by atoms with E-state index < -0.39 is 5.91 Å². The zero-order chi connectivity index (χ0) is 13.4. The highest BCUT2D eigenvalue weighted by Crippen LogP contribution is 2.25. The molecule has 100 valence electrons. The number of phenols is 1. The van der Waals surface area contributed by atoms with Crippen molar-refractivity contribution in [2.24, 2.45) is 5.73 Å². The number of methoxy groups -OCH3 is 1. The molecule has 1 rings (SSSR count). The van der Waals surface area contributed by atoms with Gasteiger partial charge in [0.05, 0.1) is 13.7 Å². The smallest absolute Gasteiger partial charge is 0.243 e. The number of carbonyl (C=O) groups is 1. The Kier molecular flexibility index (Phi) is 5.96. The van der Waals surface area contributed by atoms with Crippen LogP contribution < -0.4 is 15.8 Å². The van der Waals surface area contributed by atoms with Gasteiger partial charge in [-0.25, -0.2) is 0 Å². The number of rotatable bonds is 8. The summed E-state index contributed by atoms with van der Waals surface area (Å²) in [5.41, 5.74) is 5.85. The van der Waals surface area contributed by atoms with Crippen molar-refractivity contribution in [1.82, 2.24) is 5.32 Å². The van der Waals surface area contributed by atoms with Crippen LogP contribution in [0.25, 0.3) is 0 Å². The Hall–Kier alpha value is -1.79. The van der Waals surface area contributed by atoms with Crippen LogP contribution in [-0.4, -0.2) is 37.9 Å². The van der Waals surface area contributed by atoms with Gasteiger partial charge in [0, 0.05) is 13.1 Å². The molecule has 0 aromatic heterocycles. The van der Waals surface area contributed by atoms with Crippen LogP contribution in [0.15, 0.2) is 18.2 Å². The predicted octanol–water partition coefficient (Wildman–Crippen LogP) is -0.00770. The van der Waals surface area contributed by atoms with Crippen molar-refractivity contribution in [3.8, 4) is 11.5 Å². The lowest BCUT2D eigenvalue weighted by atomic mass is 10.2. The van der Waals surface area contributed by atoms with Gasteiger partial charge in [-0.2, -0.15) is 0 Å². The quantitative estimate of drug-likeness (QED) is 0.567. The fourth-order valence-corrected chi connectivity index (χ4v) is 1.40. The SMILES string of the molecule is COc1ccc(CNCCOCC(N)=O)cc1O. The number of nitrogens with one attached hydrogen (secondary N) is 1. The van der Waals surface area contributed by atoms with Crippen LogP contribution in [-0.2, 0) is 16.1 Å². The fourth-order valence-electron chi connectivity index (χ4n) is 1.40. The second kappa shape index (κ2) is 7.52. The number of ether oxygens (including phenoxy) is 2. The van der Waals surface area contributed by atoms with Gasteiger partial charge in [0.25, 0.3) is 0 Å². The van der Waals surface area contributed by atoms with Crippen LogP contribution in [0, 0.1) is 0 Å². The minimum absolute atomic E-state index is 0.0645. The number of amides is 1. The number of benzene rings is 1. The van der Waals surface area contributed by atoms with E-state index in [1.165, 1.54) is 7.11 Å². The molecule has 0 radical (unpaired) electrons. The number of hydrogen-bond donors (Lipinski definition) is 3. The van der Waals surface area contributed by atoms with Crippen molar-refractivity contribution in [3.05, 3.63) is 23.8 Å². The van der Waals surface area contributed by atoms with Gasteiger partial charge in [-0.05, 0) is 17.7 Å². The van der Waals surface area contributed by atoms with Gasteiger partial charge in [-0.1, -0.05) is 6.07 Å². The molecule has 1 aromatic rings. The van der Waals surface area contributed by atoms with Crippen molar-refractivity contribution >= 4 is 5.91 Å². The molecular formula is C12H18N2O4. The van der Waals surface area contributed by atoms with Crippen molar-refractivity contribution in [1.29, 1.82) is 0 Å². The Morgan fingerprint density at radius 2 is 2.28 bits per heavy atom. The number of hydrogen-bond acceptors (Lipinski definition) is 5. The first-order valence-electron chi connectivity index (χ1n) is 5.56. The second-order valence-electron chi connectivity index (χ2n) is 3.70. The van der Waals surface area contributed by atoms with E-state index in [-0.39, 0.29) is 12.4 Å². The molecule has 0 aliphatic carbocycles. The molecule has 0 fully saturated rings. The van der Waals surface area contributed by atoms with E-state index in [1.54, 1.807) is 12.1 Å². The molecule has 0 saturated heterocycles. The molecule has 0 heterocycles. The van der Waals surface area contributed by atoms with Gasteiger partial charge in [0.1, 0.15) is 6.61 Å². The van der Waals surface area contributed by atoms with Crippen LogP contribution in [0.1, 0.15) is 5.56 Å². The van der Waals surface area contributed by atoms with Gasteiger partial charge >= 0.3 is 0 Å². The zero-order valence-corrected chi connectivity index (χ0v) is 10.3. The van der Waals surface area contributed by atoms with Crippen LogP contribution in [0.4, 0.5) is 0 Å². The highest BCUT2D eigenvalue weighted by atomic mass is 16.5. The third kappa shape index (κ3) is 5.03. The van der Waals surface area contributed by atoms with Crippen molar-refractivity contribution < 1.29 is 19.4 Å². The van der Waals surface area contributed by atoms with E-state index >= 15 is 0 Å². The summed E-state index contributed by atoms with van der Waals surface area (Å²) >= 11 is 0. The van der Waals surface area contributed by atoms with Gasteiger partial charge in [0.15, 0.2) is 11.5 Å². The fraction of sp³-hybridized carbons (Fsp3) is 0.417. The van der Waals surface area contributed by atoms with Crippen LogP contribution in [0.3, 0.4) is 0 Å². The molecule has 0 bridgehead atoms. The number of nitrogens with two attached hydrogens (primary N) is 1. The van der Waals surface area contributed by atoms with Crippen LogP contribution in [0.2, 0.25) is 0 Å². The van der Waals surface area contributed by atoms with Gasteiger partial charge in [0.2, 0.25) is 5.91 Å². The molecule has 6 heteroatoms. The summed E-state index contributed by atoms with van der Waals surface area (Å²) in [4.78, 5) is 10.4. The summed E-state index contributed by atoms with van der Waals surface area (Å²) in [5.74, 6) is 0.0837. The number of phenolic OH excluding ortho intramolecular Hbond substituents is 1. The summed E-state index contributed by atoms with van der Waals surface area (Å²) in [6.45, 7) is 1.54. The molecule has 0 unspecified atom stereocenters. The molecular weight excluding hydrogens is 236 g/mol. The Bertz CT molecular complexity index is 396. The topological polar surface area (TPSA) is 93.8 Å². The van der Waals surface area contributed by atoms with E-state index in [2.05, 4.69) is 5.32 Å². The maximum atomic E-state index is 10.4. The summed E-state index contributed by atoms with van der Waals surface area (Å²) in [5, 5.41) is 12.7. The van der Waals surface area contributed by atoms with E-state index in [0.29, 0.717) is 25.4 Å². The number of aromatic hydroxyl groups is 1. The molecule has 1 amide bonds. The highest BCUT2D eigenvalue weighted by Gasteiger charge is 2.02. The van der Waals surface area contributed by atoms with E-state index in [4.69, 9.17) is 15.2 Å². The first kappa shape index (κ1) is 14.3. The Morgan fingerprint density at radius 3 is 2.89 bits per heavy atom. The largest absolute Gasteiger partial charge is 0.504 e. The van der Waals surface area contributed by atoms with Crippen molar-refractivity contribution in [2.75, 3.05) is 26.9 Å². The van der Waals surface area contributed by atoms with Crippen LogP contribution >= 0.6 is 0 Å². The summed E-state index contributed by atoms with van der Waals surface area (Å²) in [6, 6.07) is 5.20. The Labute approximate surface area is 106 Å². The summed E-state index contributed by atoms with van der Waals surface area (Å²) in [6.07, 6.45) is 0. The molecule has 1 aromatic carbocycles. The maximum Gasteiger partial charge on any atom is 0.243 e. The third-order valence-corrected chi connectivity index (χ3v) is 2.24. The first-order valence-corrected chi connectivity index (χ1v) is 5.56. The maximum absolute atomic E-state index is 10.4. The highest BCUT2D eigenvalue weighted by molar-refractivity contribution is 5.74. The standard InChI is InChI=1S/C12H18N2O4/c1-17-11-3-2-9(6-10(11)15)7-14-4-5-18-8-12(13)16/h2-3,6,14-15H,4-5,7-8H2,1H3,(H2,13,16).